The van der Waals surface area contributed by atoms with Crippen molar-refractivity contribution < 1.29 is 17.9 Å². The number of ether oxygens (including phenoxy) is 1. The molecule has 7 heteroatoms. The Morgan fingerprint density at radius 2 is 1.95 bits per heavy atom. The van der Waals surface area contributed by atoms with E-state index in [9.17, 15) is 18.0 Å². The zero-order chi connectivity index (χ0) is 16.4. The number of benzene rings is 1. The van der Waals surface area contributed by atoms with Crippen molar-refractivity contribution in [3.63, 3.8) is 0 Å². The first-order chi connectivity index (χ1) is 10.4. The minimum Gasteiger partial charge on any atom is -0.493 e. The quantitative estimate of drug-likeness (QED) is 0.886. The van der Waals surface area contributed by atoms with Gasteiger partial charge in [-0.15, -0.1) is 0 Å². The first kappa shape index (κ1) is 15.6. The first-order valence-electron chi connectivity index (χ1n) is 6.35. The average molecular weight is 308 g/mol. The number of nitriles is 1. The topological polar surface area (TPSA) is 65.9 Å². The van der Waals surface area contributed by atoms with Crippen LogP contribution < -0.4 is 10.3 Å². The van der Waals surface area contributed by atoms with Gasteiger partial charge in [-0.1, -0.05) is 0 Å². The fourth-order valence-electron chi connectivity index (χ4n) is 2.09. The molecule has 0 fully saturated rings. The van der Waals surface area contributed by atoms with Crippen LogP contribution >= 0.6 is 0 Å². The fourth-order valence-corrected chi connectivity index (χ4v) is 2.09. The molecular weight excluding hydrogens is 297 g/mol. The smallest absolute Gasteiger partial charge is 0.266 e. The Labute approximate surface area is 123 Å². The third kappa shape index (κ3) is 2.55. The van der Waals surface area contributed by atoms with Crippen molar-refractivity contribution >= 4 is 0 Å². The van der Waals surface area contributed by atoms with E-state index >= 15 is 0 Å². The highest BCUT2D eigenvalue weighted by molar-refractivity contribution is 5.76. The number of H-pyrrole nitrogens is 1. The average Bonchev–Trinajstić information content (AvgIpc) is 2.45. The molecule has 1 heterocycles. The van der Waals surface area contributed by atoms with Gasteiger partial charge in [-0.3, -0.25) is 4.79 Å². The molecule has 0 amide bonds. The lowest BCUT2D eigenvalue weighted by molar-refractivity contribution is 0.333. The highest BCUT2D eigenvalue weighted by Crippen LogP contribution is 2.36. The number of aromatic amines is 1. The van der Waals surface area contributed by atoms with Crippen molar-refractivity contribution in [3.8, 4) is 22.9 Å². The molecule has 0 saturated carbocycles. The van der Waals surface area contributed by atoms with Gasteiger partial charge in [0.05, 0.1) is 12.2 Å². The summed E-state index contributed by atoms with van der Waals surface area (Å²) in [5, 5.41) is 9.09. The number of nitrogens with one attached hydrogen (secondary N) is 1. The minimum absolute atomic E-state index is 0.0710. The molecule has 0 radical (unpaired) electrons. The largest absolute Gasteiger partial charge is 0.493 e. The van der Waals surface area contributed by atoms with Crippen LogP contribution in [0.25, 0.3) is 11.1 Å². The van der Waals surface area contributed by atoms with Crippen LogP contribution in [0.5, 0.6) is 5.75 Å². The van der Waals surface area contributed by atoms with Gasteiger partial charge in [-0.25, -0.2) is 13.2 Å². The second kappa shape index (κ2) is 5.93. The monoisotopic (exact) mass is 308 g/mol. The first-order valence-corrected chi connectivity index (χ1v) is 6.35. The van der Waals surface area contributed by atoms with E-state index in [2.05, 4.69) is 4.98 Å². The van der Waals surface area contributed by atoms with Gasteiger partial charge in [0.15, 0.2) is 17.5 Å². The summed E-state index contributed by atoms with van der Waals surface area (Å²) in [6.07, 6.45) is 0. The Bertz CT molecular complexity index is 838. The lowest BCUT2D eigenvalue weighted by Crippen LogP contribution is -2.14. The van der Waals surface area contributed by atoms with Crippen LogP contribution in [0, 0.1) is 35.7 Å². The number of halogens is 3. The summed E-state index contributed by atoms with van der Waals surface area (Å²) in [5.41, 5.74) is -1.42. The molecule has 1 N–H and O–H groups in total. The van der Waals surface area contributed by atoms with Gasteiger partial charge in [0.2, 0.25) is 0 Å². The van der Waals surface area contributed by atoms with Crippen LogP contribution in [0.1, 0.15) is 18.2 Å². The summed E-state index contributed by atoms with van der Waals surface area (Å²) in [6.45, 7) is 3.17. The molecule has 1 aromatic carbocycles. The van der Waals surface area contributed by atoms with E-state index in [1.54, 1.807) is 13.0 Å². The second-order valence-electron chi connectivity index (χ2n) is 4.47. The molecule has 2 aromatic rings. The van der Waals surface area contributed by atoms with E-state index in [4.69, 9.17) is 10.00 Å². The maximum atomic E-state index is 14.2. The van der Waals surface area contributed by atoms with Gasteiger partial charge in [-0.2, -0.15) is 5.26 Å². The van der Waals surface area contributed by atoms with Crippen LogP contribution in [0.3, 0.4) is 0 Å². The minimum atomic E-state index is -1.69. The number of hydrogen-bond donors (Lipinski definition) is 1. The lowest BCUT2D eigenvalue weighted by atomic mass is 9.99. The van der Waals surface area contributed by atoms with Crippen molar-refractivity contribution in [2.75, 3.05) is 6.61 Å². The highest BCUT2D eigenvalue weighted by Gasteiger charge is 2.24. The van der Waals surface area contributed by atoms with Crippen molar-refractivity contribution in [3.05, 3.63) is 51.2 Å². The molecule has 0 bridgehead atoms. The number of pyridine rings is 1. The molecule has 0 saturated heterocycles. The standard InChI is InChI=1S/C15H11F3N2O2/c1-3-22-11-5-10(16)13(17)14(18)12(11)8-4-7(2)20-15(21)9(8)6-19/h4-5H,3H2,1-2H3,(H,20,21). The Morgan fingerprint density at radius 1 is 1.27 bits per heavy atom. The molecule has 0 atom stereocenters. The molecule has 1 aromatic heterocycles. The number of rotatable bonds is 3. The van der Waals surface area contributed by atoms with E-state index in [0.29, 0.717) is 11.8 Å². The van der Waals surface area contributed by atoms with E-state index < -0.39 is 34.1 Å². The van der Waals surface area contributed by atoms with Crippen molar-refractivity contribution in [2.45, 2.75) is 13.8 Å². The van der Waals surface area contributed by atoms with E-state index in [1.165, 1.54) is 13.0 Å². The maximum Gasteiger partial charge on any atom is 0.266 e. The van der Waals surface area contributed by atoms with E-state index in [1.807, 2.05) is 0 Å². The van der Waals surface area contributed by atoms with E-state index in [0.717, 1.165) is 0 Å². The fraction of sp³-hybridized carbons (Fsp3) is 0.200. The Hall–Kier alpha value is -2.75. The molecule has 0 spiro atoms. The van der Waals surface area contributed by atoms with Crippen LogP contribution in [0.15, 0.2) is 16.9 Å². The molecular formula is C15H11F3N2O2. The molecule has 0 aliphatic carbocycles. The Kier molecular flexibility index (Phi) is 4.22. The van der Waals surface area contributed by atoms with E-state index in [-0.39, 0.29) is 17.9 Å². The number of nitrogens with zero attached hydrogens (tertiary/aromatic N) is 1. The van der Waals surface area contributed by atoms with Gasteiger partial charge in [0.1, 0.15) is 17.4 Å². The van der Waals surface area contributed by atoms with Crippen molar-refractivity contribution in [2.24, 2.45) is 0 Å². The second-order valence-corrected chi connectivity index (χ2v) is 4.47. The predicted molar refractivity (Wildman–Crippen MR) is 73.0 cm³/mol. The zero-order valence-corrected chi connectivity index (χ0v) is 11.8. The normalized spacial score (nSPS) is 10.4. The summed E-state index contributed by atoms with van der Waals surface area (Å²) in [5.74, 6) is -4.89. The van der Waals surface area contributed by atoms with Gasteiger partial charge in [0.25, 0.3) is 5.56 Å². The van der Waals surface area contributed by atoms with Crippen LogP contribution in [-0.4, -0.2) is 11.6 Å². The third-order valence-electron chi connectivity index (χ3n) is 2.98. The van der Waals surface area contributed by atoms with Gasteiger partial charge < -0.3 is 9.72 Å². The third-order valence-corrected chi connectivity index (χ3v) is 2.98. The molecule has 0 unspecified atom stereocenters. The maximum absolute atomic E-state index is 14.2. The van der Waals surface area contributed by atoms with Crippen LogP contribution in [0.4, 0.5) is 13.2 Å². The number of hydrogen-bond acceptors (Lipinski definition) is 3. The summed E-state index contributed by atoms with van der Waals surface area (Å²) in [6, 6.07) is 3.63. The molecule has 0 aliphatic rings. The SMILES string of the molecule is CCOc1cc(F)c(F)c(F)c1-c1cc(C)[nH]c(=O)c1C#N. The van der Waals surface area contributed by atoms with Crippen molar-refractivity contribution in [1.29, 1.82) is 5.26 Å². The van der Waals surface area contributed by atoms with Gasteiger partial charge >= 0.3 is 0 Å². The van der Waals surface area contributed by atoms with Gasteiger partial charge in [-0.05, 0) is 19.9 Å². The molecule has 22 heavy (non-hydrogen) atoms. The summed E-state index contributed by atoms with van der Waals surface area (Å²) in [4.78, 5) is 14.2. The highest BCUT2D eigenvalue weighted by atomic mass is 19.2. The van der Waals surface area contributed by atoms with Crippen molar-refractivity contribution in [1.82, 2.24) is 4.98 Å². The summed E-state index contributed by atoms with van der Waals surface area (Å²) >= 11 is 0. The Morgan fingerprint density at radius 3 is 2.55 bits per heavy atom. The molecule has 0 aliphatic heterocycles. The predicted octanol–water partition coefficient (Wildman–Crippen LogP) is 3.04. The Balaban J connectivity index is 2.92. The molecule has 2 rings (SSSR count). The number of aromatic nitrogens is 1. The summed E-state index contributed by atoms with van der Waals surface area (Å²) in [7, 11) is 0. The van der Waals surface area contributed by atoms with Gasteiger partial charge in [0, 0.05) is 17.3 Å². The molecule has 4 nitrogen and oxygen atoms in total. The summed E-state index contributed by atoms with van der Waals surface area (Å²) < 4.78 is 46.2. The number of aryl methyl sites for hydroxylation is 1. The van der Waals surface area contributed by atoms with Crippen LogP contribution in [0.2, 0.25) is 0 Å². The molecule has 114 valence electrons. The zero-order valence-electron chi connectivity index (χ0n) is 11.8. The lowest BCUT2D eigenvalue weighted by Gasteiger charge is -2.14. The van der Waals surface area contributed by atoms with Crippen LogP contribution in [-0.2, 0) is 0 Å².